The molecule has 1 fully saturated rings. The van der Waals surface area contributed by atoms with Crippen molar-refractivity contribution in [1.29, 1.82) is 0 Å². The number of ether oxygens (including phenoxy) is 1. The van der Waals surface area contributed by atoms with E-state index < -0.39 is 11.7 Å². The van der Waals surface area contributed by atoms with Crippen LogP contribution in [0.1, 0.15) is 24.0 Å². The molecule has 1 amide bonds. The van der Waals surface area contributed by atoms with Gasteiger partial charge in [0.1, 0.15) is 5.75 Å². The Kier molecular flexibility index (Phi) is 8.19. The minimum Gasteiger partial charge on any atom is -0.484 e. The Morgan fingerprint density at radius 3 is 2.18 bits per heavy atom. The second-order valence-corrected chi connectivity index (χ2v) is 6.68. The molecule has 4 nitrogen and oxygen atoms in total. The summed E-state index contributed by atoms with van der Waals surface area (Å²) in [5.41, 5.74) is 0.145. The van der Waals surface area contributed by atoms with Gasteiger partial charge < -0.3 is 14.7 Å². The molecule has 0 unspecified atom stereocenters. The van der Waals surface area contributed by atoms with E-state index >= 15 is 0 Å². The Labute approximate surface area is 167 Å². The predicted octanol–water partition coefficient (Wildman–Crippen LogP) is 4.17. The van der Waals surface area contributed by atoms with Crippen LogP contribution in [0.15, 0.2) is 53.4 Å². The van der Waals surface area contributed by atoms with Gasteiger partial charge in [0, 0.05) is 18.0 Å². The fourth-order valence-corrected chi connectivity index (χ4v) is 2.89. The van der Waals surface area contributed by atoms with Crippen LogP contribution < -0.4 is 4.74 Å². The molecule has 1 aliphatic rings. The lowest BCUT2D eigenvalue weighted by Crippen LogP contribution is -2.32. The van der Waals surface area contributed by atoms with Crippen molar-refractivity contribution in [2.75, 3.05) is 19.7 Å². The zero-order valence-corrected chi connectivity index (χ0v) is 16.0. The maximum atomic E-state index is 12.0. The molecular weight excluding hydrogens is 391 g/mol. The van der Waals surface area contributed by atoms with Gasteiger partial charge in [-0.05, 0) is 42.7 Å². The van der Waals surface area contributed by atoms with Gasteiger partial charge in [0.15, 0.2) is 6.61 Å². The van der Waals surface area contributed by atoms with E-state index in [9.17, 15) is 18.0 Å². The molecule has 152 valence electrons. The van der Waals surface area contributed by atoms with Gasteiger partial charge in [-0.2, -0.15) is 13.2 Å². The lowest BCUT2D eigenvalue weighted by Gasteiger charge is -2.15. The first-order chi connectivity index (χ1) is 13.3. The lowest BCUT2D eigenvalue weighted by molar-refractivity contribution is -0.139. The number of halogens is 3. The lowest BCUT2D eigenvalue weighted by atomic mass is 10.2. The smallest absolute Gasteiger partial charge is 0.417 e. The van der Waals surface area contributed by atoms with Crippen LogP contribution in [0.4, 0.5) is 13.2 Å². The quantitative estimate of drug-likeness (QED) is 0.740. The number of aliphatic hydroxyl groups is 1. The van der Waals surface area contributed by atoms with Crippen molar-refractivity contribution in [3.8, 4) is 5.75 Å². The molecule has 0 aromatic heterocycles. The molecule has 1 N–H and O–H groups in total. The summed E-state index contributed by atoms with van der Waals surface area (Å²) < 4.78 is 41.4. The number of hydrogen-bond acceptors (Lipinski definition) is 4. The third-order valence-corrected chi connectivity index (χ3v) is 4.53. The van der Waals surface area contributed by atoms with Crippen LogP contribution in [0.2, 0.25) is 0 Å². The van der Waals surface area contributed by atoms with Crippen molar-refractivity contribution in [3.05, 3.63) is 59.7 Å². The van der Waals surface area contributed by atoms with E-state index in [-0.39, 0.29) is 24.0 Å². The first kappa shape index (κ1) is 22.1. The van der Waals surface area contributed by atoms with Crippen LogP contribution in [-0.4, -0.2) is 35.6 Å². The Morgan fingerprint density at radius 1 is 1.07 bits per heavy atom. The van der Waals surface area contributed by atoms with E-state index in [1.807, 2.05) is 4.90 Å². The monoisotopic (exact) mass is 413 g/mol. The number of carbonyl (C=O) groups is 1. The second kappa shape index (κ2) is 10.4. The molecule has 0 bridgehead atoms. The molecule has 0 atom stereocenters. The maximum Gasteiger partial charge on any atom is 0.417 e. The number of hydrogen-bond donors (Lipinski definition) is 2. The van der Waals surface area contributed by atoms with Gasteiger partial charge in [0.2, 0.25) is 0 Å². The van der Waals surface area contributed by atoms with Crippen molar-refractivity contribution >= 4 is 18.5 Å². The van der Waals surface area contributed by atoms with Crippen molar-refractivity contribution < 1.29 is 27.8 Å². The number of alkyl halides is 3. The number of thiol groups is 1. The van der Waals surface area contributed by atoms with Gasteiger partial charge >= 0.3 is 6.18 Å². The zero-order chi connectivity index (χ0) is 20.6. The minimum atomic E-state index is -4.29. The summed E-state index contributed by atoms with van der Waals surface area (Å²) in [6, 6.07) is 12.3. The van der Waals surface area contributed by atoms with E-state index in [1.165, 1.54) is 18.2 Å². The van der Waals surface area contributed by atoms with E-state index in [0.29, 0.717) is 5.75 Å². The summed E-state index contributed by atoms with van der Waals surface area (Å²) >= 11 is 3.67. The molecule has 0 saturated carbocycles. The van der Waals surface area contributed by atoms with E-state index in [1.54, 1.807) is 24.3 Å². The zero-order valence-electron chi connectivity index (χ0n) is 15.2. The minimum absolute atomic E-state index is 0.0208. The first-order valence-corrected chi connectivity index (χ1v) is 9.21. The second-order valence-electron chi connectivity index (χ2n) is 6.19. The summed E-state index contributed by atoms with van der Waals surface area (Å²) in [4.78, 5) is 13.5. The van der Waals surface area contributed by atoms with E-state index in [4.69, 9.17) is 9.84 Å². The molecule has 2 aromatic rings. The Bertz CT molecular complexity index is 760. The number of nitrogens with zero attached hydrogens (tertiary/aromatic N) is 1. The Hall–Kier alpha value is -2.19. The fourth-order valence-electron chi connectivity index (χ4n) is 2.61. The number of aliphatic hydroxyl groups excluding tert-OH is 1. The van der Waals surface area contributed by atoms with Crippen molar-refractivity contribution in [2.24, 2.45) is 0 Å². The topological polar surface area (TPSA) is 49.8 Å². The van der Waals surface area contributed by atoms with E-state index in [0.717, 1.165) is 37.6 Å². The number of amides is 1. The SMILES string of the molecule is FC(F)(F)c1ccccc1S.O=C(COc1ccc(CO)cc1)N1CCCC1. The fraction of sp³-hybridized carbons (Fsp3) is 0.350. The van der Waals surface area contributed by atoms with Crippen molar-refractivity contribution in [1.82, 2.24) is 4.90 Å². The van der Waals surface area contributed by atoms with Gasteiger partial charge in [-0.3, -0.25) is 4.79 Å². The number of rotatable bonds is 4. The largest absolute Gasteiger partial charge is 0.484 e. The molecule has 1 aliphatic heterocycles. The van der Waals surface area contributed by atoms with Gasteiger partial charge in [-0.15, -0.1) is 12.6 Å². The first-order valence-electron chi connectivity index (χ1n) is 8.77. The average molecular weight is 413 g/mol. The van der Waals surface area contributed by atoms with Crippen LogP contribution >= 0.6 is 12.6 Å². The number of carbonyl (C=O) groups excluding carboxylic acids is 1. The predicted molar refractivity (Wildman–Crippen MR) is 102 cm³/mol. The van der Waals surface area contributed by atoms with Crippen LogP contribution in [0.25, 0.3) is 0 Å². The normalized spacial score (nSPS) is 13.7. The molecule has 0 radical (unpaired) electrons. The van der Waals surface area contributed by atoms with Gasteiger partial charge in [-0.25, -0.2) is 0 Å². The van der Waals surface area contributed by atoms with Crippen molar-refractivity contribution in [2.45, 2.75) is 30.5 Å². The average Bonchev–Trinajstić information content (AvgIpc) is 3.21. The molecule has 3 rings (SSSR count). The van der Waals surface area contributed by atoms with Gasteiger partial charge in [0.05, 0.1) is 12.2 Å². The molecule has 0 aliphatic carbocycles. The molecule has 1 heterocycles. The molecule has 28 heavy (non-hydrogen) atoms. The Morgan fingerprint density at radius 2 is 1.68 bits per heavy atom. The maximum absolute atomic E-state index is 12.0. The van der Waals surface area contributed by atoms with Crippen LogP contribution in [0.3, 0.4) is 0 Å². The number of benzene rings is 2. The molecule has 2 aromatic carbocycles. The third kappa shape index (κ3) is 6.76. The molecule has 8 heteroatoms. The standard InChI is InChI=1S/C13H17NO3.C7H5F3S/c15-9-11-3-5-12(6-4-11)17-10-13(16)14-7-1-2-8-14;8-7(9,10)5-3-1-2-4-6(5)11/h3-6,15H,1-2,7-10H2;1-4,11H. The van der Waals surface area contributed by atoms with E-state index in [2.05, 4.69) is 12.6 Å². The highest BCUT2D eigenvalue weighted by molar-refractivity contribution is 7.80. The van der Waals surface area contributed by atoms with Crippen LogP contribution in [-0.2, 0) is 17.6 Å². The summed E-state index contributed by atoms with van der Waals surface area (Å²) in [6.45, 7) is 1.82. The summed E-state index contributed by atoms with van der Waals surface area (Å²) in [6.07, 6.45) is -2.10. The highest BCUT2D eigenvalue weighted by Crippen LogP contribution is 2.33. The Balaban J connectivity index is 0.000000221. The van der Waals surface area contributed by atoms with Crippen LogP contribution in [0.5, 0.6) is 5.75 Å². The molecule has 0 spiro atoms. The molecule has 1 saturated heterocycles. The van der Waals surface area contributed by atoms with Gasteiger partial charge in [0.25, 0.3) is 5.91 Å². The summed E-state index contributed by atoms with van der Waals surface area (Å²) in [7, 11) is 0. The number of likely N-dealkylation sites (tertiary alicyclic amines) is 1. The van der Waals surface area contributed by atoms with Crippen molar-refractivity contribution in [3.63, 3.8) is 0 Å². The third-order valence-electron chi connectivity index (χ3n) is 4.14. The summed E-state index contributed by atoms with van der Waals surface area (Å²) in [5.74, 6) is 0.712. The highest BCUT2D eigenvalue weighted by atomic mass is 32.1. The summed E-state index contributed by atoms with van der Waals surface area (Å²) in [5, 5.41) is 8.89. The molecular formula is C20H22F3NO3S. The highest BCUT2D eigenvalue weighted by Gasteiger charge is 2.31. The van der Waals surface area contributed by atoms with Crippen LogP contribution in [0, 0.1) is 0 Å². The van der Waals surface area contributed by atoms with Gasteiger partial charge in [-0.1, -0.05) is 24.3 Å².